The lowest BCUT2D eigenvalue weighted by molar-refractivity contribution is -0.139. The van der Waals surface area contributed by atoms with Gasteiger partial charge in [-0.25, -0.2) is 9.78 Å². The topological polar surface area (TPSA) is 129 Å². The summed E-state index contributed by atoms with van der Waals surface area (Å²) in [5, 5.41) is 27.9. The van der Waals surface area contributed by atoms with Gasteiger partial charge in [0.25, 0.3) is 0 Å². The molecular formula is C21H17N3O4. The van der Waals surface area contributed by atoms with Crippen molar-refractivity contribution in [3.05, 3.63) is 59.7 Å². The number of ether oxygens (including phenoxy) is 1. The van der Waals surface area contributed by atoms with Gasteiger partial charge in [-0.05, 0) is 60.5 Å². The van der Waals surface area contributed by atoms with Crippen LogP contribution in [0.4, 0.5) is 5.82 Å². The Labute approximate surface area is 161 Å². The molecule has 0 spiro atoms. The maximum absolute atomic E-state index is 10.6. The third-order valence-electron chi connectivity index (χ3n) is 4.18. The van der Waals surface area contributed by atoms with Crippen molar-refractivity contribution < 1.29 is 19.7 Å². The average Bonchev–Trinajstić information content (AvgIpc) is 2.68. The number of carbonyl (C=O) groups is 1. The van der Waals surface area contributed by atoms with Crippen LogP contribution in [0.15, 0.2) is 48.5 Å². The van der Waals surface area contributed by atoms with E-state index >= 15 is 0 Å². The Bertz CT molecular complexity index is 1090. The number of phenolic OH excluding ortho intramolecular Hbond substituents is 1. The van der Waals surface area contributed by atoms with Gasteiger partial charge in [0, 0.05) is 11.1 Å². The van der Waals surface area contributed by atoms with E-state index in [9.17, 15) is 15.2 Å². The number of hydrogen-bond acceptors (Lipinski definition) is 6. The van der Waals surface area contributed by atoms with Crippen LogP contribution in [0.2, 0.25) is 0 Å². The number of benzene rings is 2. The molecule has 0 fully saturated rings. The smallest absolute Gasteiger partial charge is 0.341 e. The number of nitriles is 1. The quantitative estimate of drug-likeness (QED) is 0.623. The van der Waals surface area contributed by atoms with E-state index in [2.05, 4.69) is 11.1 Å². The maximum Gasteiger partial charge on any atom is 0.341 e. The standard InChI is InChI=1S/C21H17N3O4/c1-12-8-14(4-7-19(12)25)16-9-18(24-21(23)17(16)10-22)13-2-5-15(6-3-13)28-11-20(26)27/h2-9,25H,11H2,1H3,(H2,23,24)(H,26,27). The van der Waals surface area contributed by atoms with Gasteiger partial charge in [0.2, 0.25) is 0 Å². The van der Waals surface area contributed by atoms with Crippen LogP contribution in [0.1, 0.15) is 11.1 Å². The van der Waals surface area contributed by atoms with Crippen LogP contribution in [-0.4, -0.2) is 27.8 Å². The molecule has 0 saturated carbocycles. The number of anilines is 1. The first-order valence-corrected chi connectivity index (χ1v) is 8.34. The summed E-state index contributed by atoms with van der Waals surface area (Å²) in [5.74, 6) is -0.366. The first kappa shape index (κ1) is 18.7. The average molecular weight is 375 g/mol. The molecule has 7 nitrogen and oxygen atoms in total. The molecule has 140 valence electrons. The number of phenols is 1. The van der Waals surface area contributed by atoms with Gasteiger partial charge in [-0.3, -0.25) is 0 Å². The van der Waals surface area contributed by atoms with Crippen molar-refractivity contribution in [2.75, 3.05) is 12.3 Å². The number of nitrogens with zero attached hydrogens (tertiary/aromatic N) is 2. The van der Waals surface area contributed by atoms with Crippen LogP contribution >= 0.6 is 0 Å². The first-order chi connectivity index (χ1) is 13.4. The highest BCUT2D eigenvalue weighted by atomic mass is 16.5. The van der Waals surface area contributed by atoms with E-state index < -0.39 is 12.6 Å². The Morgan fingerprint density at radius 1 is 1.18 bits per heavy atom. The molecule has 3 aromatic rings. The summed E-state index contributed by atoms with van der Waals surface area (Å²) < 4.78 is 5.12. The molecule has 0 bridgehead atoms. The molecule has 0 unspecified atom stereocenters. The van der Waals surface area contributed by atoms with Crippen LogP contribution in [-0.2, 0) is 4.79 Å². The molecular weight excluding hydrogens is 358 g/mol. The summed E-state index contributed by atoms with van der Waals surface area (Å²) in [7, 11) is 0. The molecule has 0 amide bonds. The van der Waals surface area contributed by atoms with Gasteiger partial charge in [-0.2, -0.15) is 5.26 Å². The van der Waals surface area contributed by atoms with Crippen LogP contribution in [0.25, 0.3) is 22.4 Å². The van der Waals surface area contributed by atoms with E-state index in [-0.39, 0.29) is 17.1 Å². The molecule has 2 aromatic carbocycles. The number of rotatable bonds is 5. The second-order valence-electron chi connectivity index (χ2n) is 6.14. The summed E-state index contributed by atoms with van der Waals surface area (Å²) in [4.78, 5) is 14.9. The predicted octanol–water partition coefficient (Wildman–Crippen LogP) is 3.35. The summed E-state index contributed by atoms with van der Waals surface area (Å²) >= 11 is 0. The highest BCUT2D eigenvalue weighted by molar-refractivity contribution is 5.80. The number of nitrogens with two attached hydrogens (primary N) is 1. The van der Waals surface area contributed by atoms with E-state index in [0.717, 1.165) is 11.1 Å². The fourth-order valence-corrected chi connectivity index (χ4v) is 2.75. The highest BCUT2D eigenvalue weighted by Crippen LogP contribution is 2.33. The lowest BCUT2D eigenvalue weighted by atomic mass is 9.97. The van der Waals surface area contributed by atoms with Crippen molar-refractivity contribution in [1.82, 2.24) is 4.98 Å². The van der Waals surface area contributed by atoms with Crippen molar-refractivity contribution in [3.63, 3.8) is 0 Å². The number of aromatic hydroxyl groups is 1. The first-order valence-electron chi connectivity index (χ1n) is 8.34. The van der Waals surface area contributed by atoms with Gasteiger partial charge < -0.3 is 20.7 Å². The minimum Gasteiger partial charge on any atom is -0.508 e. The van der Waals surface area contributed by atoms with Crippen molar-refractivity contribution in [1.29, 1.82) is 5.26 Å². The zero-order valence-electron chi connectivity index (χ0n) is 15.0. The molecule has 0 saturated heterocycles. The molecule has 3 rings (SSSR count). The Balaban J connectivity index is 2.03. The fraction of sp³-hybridized carbons (Fsp3) is 0.0952. The van der Waals surface area contributed by atoms with Gasteiger partial charge in [0.05, 0.1) is 5.69 Å². The number of aliphatic carboxylic acids is 1. The van der Waals surface area contributed by atoms with Crippen LogP contribution in [0.3, 0.4) is 0 Å². The molecule has 4 N–H and O–H groups in total. The molecule has 0 aliphatic rings. The third kappa shape index (κ3) is 3.86. The number of carboxylic acid groups (broad SMARTS) is 1. The molecule has 28 heavy (non-hydrogen) atoms. The van der Waals surface area contributed by atoms with Crippen molar-refractivity contribution >= 4 is 11.8 Å². The highest BCUT2D eigenvalue weighted by Gasteiger charge is 2.14. The van der Waals surface area contributed by atoms with Gasteiger partial charge >= 0.3 is 5.97 Å². The third-order valence-corrected chi connectivity index (χ3v) is 4.18. The van der Waals surface area contributed by atoms with Crippen LogP contribution in [0.5, 0.6) is 11.5 Å². The second kappa shape index (κ2) is 7.68. The normalized spacial score (nSPS) is 10.3. The predicted molar refractivity (Wildman–Crippen MR) is 104 cm³/mol. The molecule has 0 aliphatic heterocycles. The molecule has 0 atom stereocenters. The van der Waals surface area contributed by atoms with Gasteiger partial charge in [0.15, 0.2) is 6.61 Å². The lowest BCUT2D eigenvalue weighted by Crippen LogP contribution is -2.09. The monoisotopic (exact) mass is 375 g/mol. The van der Waals surface area contributed by atoms with Crippen molar-refractivity contribution in [3.8, 4) is 40.0 Å². The Kier molecular flexibility index (Phi) is 5.14. The van der Waals surface area contributed by atoms with Crippen LogP contribution < -0.4 is 10.5 Å². The number of nitrogen functional groups attached to an aromatic ring is 1. The zero-order chi connectivity index (χ0) is 20.3. The van der Waals surface area contributed by atoms with E-state index in [1.54, 1.807) is 55.5 Å². The molecule has 0 radical (unpaired) electrons. The van der Waals surface area contributed by atoms with Gasteiger partial charge in [-0.1, -0.05) is 6.07 Å². The van der Waals surface area contributed by atoms with E-state index in [1.807, 2.05) is 0 Å². The molecule has 0 aliphatic carbocycles. The van der Waals surface area contributed by atoms with Crippen molar-refractivity contribution in [2.24, 2.45) is 0 Å². The number of pyridine rings is 1. The van der Waals surface area contributed by atoms with Gasteiger partial charge in [-0.15, -0.1) is 0 Å². The number of hydrogen-bond donors (Lipinski definition) is 3. The Hall–Kier alpha value is -4.05. The summed E-state index contributed by atoms with van der Waals surface area (Å²) in [5.41, 5.74) is 9.59. The number of carboxylic acids is 1. The largest absolute Gasteiger partial charge is 0.508 e. The molecule has 1 heterocycles. The Morgan fingerprint density at radius 3 is 2.46 bits per heavy atom. The fourth-order valence-electron chi connectivity index (χ4n) is 2.75. The summed E-state index contributed by atoms with van der Waals surface area (Å²) in [6.07, 6.45) is 0. The van der Waals surface area contributed by atoms with E-state index in [4.69, 9.17) is 15.6 Å². The summed E-state index contributed by atoms with van der Waals surface area (Å²) in [6, 6.07) is 15.6. The lowest BCUT2D eigenvalue weighted by Gasteiger charge is -2.12. The van der Waals surface area contributed by atoms with E-state index in [1.165, 1.54) is 0 Å². The number of aryl methyl sites for hydroxylation is 1. The minimum absolute atomic E-state index is 0.104. The van der Waals surface area contributed by atoms with Crippen molar-refractivity contribution in [2.45, 2.75) is 6.92 Å². The zero-order valence-corrected chi connectivity index (χ0v) is 15.0. The molecule has 1 aromatic heterocycles. The van der Waals surface area contributed by atoms with Crippen LogP contribution in [0, 0.1) is 18.3 Å². The summed E-state index contributed by atoms with van der Waals surface area (Å²) in [6.45, 7) is 1.35. The SMILES string of the molecule is Cc1cc(-c2cc(-c3ccc(OCC(=O)O)cc3)nc(N)c2C#N)ccc1O. The Morgan fingerprint density at radius 2 is 1.86 bits per heavy atom. The minimum atomic E-state index is -1.06. The number of aromatic nitrogens is 1. The van der Waals surface area contributed by atoms with Gasteiger partial charge in [0.1, 0.15) is 28.9 Å². The van der Waals surface area contributed by atoms with E-state index in [0.29, 0.717) is 22.6 Å². The maximum atomic E-state index is 10.6. The second-order valence-corrected chi connectivity index (χ2v) is 6.14. The molecule has 7 heteroatoms.